The molecular formula is C10H11N3O3. The highest BCUT2D eigenvalue weighted by atomic mass is 16.4. The minimum absolute atomic E-state index is 0.0495. The Morgan fingerprint density at radius 2 is 2.38 bits per heavy atom. The van der Waals surface area contributed by atoms with Gasteiger partial charge in [0.2, 0.25) is 5.91 Å². The summed E-state index contributed by atoms with van der Waals surface area (Å²) in [5.74, 6) is -1.30. The van der Waals surface area contributed by atoms with Gasteiger partial charge in [-0.1, -0.05) is 6.07 Å². The van der Waals surface area contributed by atoms with Gasteiger partial charge in [-0.25, -0.2) is 0 Å². The van der Waals surface area contributed by atoms with Crippen LogP contribution >= 0.6 is 0 Å². The van der Waals surface area contributed by atoms with E-state index in [-0.39, 0.29) is 12.3 Å². The highest BCUT2D eigenvalue weighted by Crippen LogP contribution is 2.14. The maximum Gasteiger partial charge on any atom is 0.321 e. The SMILES string of the molecule is O=C1CC(C(=O)O)NC(c2cccnc2)N1. The molecule has 1 saturated heterocycles. The Hall–Kier alpha value is -1.95. The fraction of sp³-hybridized carbons (Fsp3) is 0.300. The number of nitrogens with zero attached hydrogens (tertiary/aromatic N) is 1. The second-order valence-electron chi connectivity index (χ2n) is 3.55. The average Bonchev–Trinajstić information content (AvgIpc) is 2.29. The van der Waals surface area contributed by atoms with Crippen molar-refractivity contribution in [3.05, 3.63) is 30.1 Å². The number of amides is 1. The molecule has 2 heterocycles. The molecule has 0 bridgehead atoms. The van der Waals surface area contributed by atoms with E-state index in [1.54, 1.807) is 24.5 Å². The van der Waals surface area contributed by atoms with Gasteiger partial charge in [-0.05, 0) is 6.07 Å². The van der Waals surface area contributed by atoms with E-state index in [0.717, 1.165) is 5.56 Å². The van der Waals surface area contributed by atoms with Gasteiger partial charge < -0.3 is 10.4 Å². The van der Waals surface area contributed by atoms with Crippen molar-refractivity contribution in [3.8, 4) is 0 Å². The van der Waals surface area contributed by atoms with Gasteiger partial charge in [-0.3, -0.25) is 19.9 Å². The maximum absolute atomic E-state index is 11.3. The Morgan fingerprint density at radius 1 is 1.56 bits per heavy atom. The van der Waals surface area contributed by atoms with Crippen LogP contribution in [0.4, 0.5) is 0 Å². The Bertz CT molecular complexity index is 407. The number of rotatable bonds is 2. The smallest absolute Gasteiger partial charge is 0.321 e. The summed E-state index contributed by atoms with van der Waals surface area (Å²) in [7, 11) is 0. The van der Waals surface area contributed by atoms with E-state index in [9.17, 15) is 9.59 Å². The Morgan fingerprint density at radius 3 is 3.00 bits per heavy atom. The van der Waals surface area contributed by atoms with Crippen molar-refractivity contribution in [3.63, 3.8) is 0 Å². The molecule has 0 spiro atoms. The lowest BCUT2D eigenvalue weighted by Gasteiger charge is -2.29. The number of aromatic nitrogens is 1. The zero-order valence-electron chi connectivity index (χ0n) is 8.38. The third-order valence-corrected chi connectivity index (χ3v) is 2.38. The lowest BCUT2D eigenvalue weighted by Crippen LogP contribution is -2.53. The molecule has 6 nitrogen and oxygen atoms in total. The van der Waals surface area contributed by atoms with Crippen molar-refractivity contribution in [2.75, 3.05) is 0 Å². The number of carbonyl (C=O) groups is 2. The molecule has 6 heteroatoms. The minimum Gasteiger partial charge on any atom is -0.480 e. The quantitative estimate of drug-likeness (QED) is 0.634. The molecule has 2 unspecified atom stereocenters. The molecule has 2 rings (SSSR count). The fourth-order valence-corrected chi connectivity index (χ4v) is 1.59. The summed E-state index contributed by atoms with van der Waals surface area (Å²) >= 11 is 0. The number of carboxylic acid groups (broad SMARTS) is 1. The summed E-state index contributed by atoms with van der Waals surface area (Å²) in [6, 6.07) is 2.65. The molecule has 1 aliphatic rings. The van der Waals surface area contributed by atoms with Gasteiger partial charge in [0.05, 0.1) is 6.42 Å². The third-order valence-electron chi connectivity index (χ3n) is 2.38. The van der Waals surface area contributed by atoms with Gasteiger partial charge in [0.1, 0.15) is 12.2 Å². The number of pyridine rings is 1. The predicted molar refractivity (Wildman–Crippen MR) is 54.3 cm³/mol. The molecular weight excluding hydrogens is 210 g/mol. The highest BCUT2D eigenvalue weighted by molar-refractivity contribution is 5.85. The van der Waals surface area contributed by atoms with Crippen LogP contribution in [-0.2, 0) is 9.59 Å². The van der Waals surface area contributed by atoms with Crippen molar-refractivity contribution in [2.24, 2.45) is 0 Å². The molecule has 0 radical (unpaired) electrons. The largest absolute Gasteiger partial charge is 0.480 e. The van der Waals surface area contributed by atoms with Gasteiger partial charge in [0.25, 0.3) is 0 Å². The Balaban J connectivity index is 2.17. The van der Waals surface area contributed by atoms with E-state index in [0.29, 0.717) is 0 Å². The number of hydrogen-bond donors (Lipinski definition) is 3. The molecule has 1 amide bonds. The zero-order valence-corrected chi connectivity index (χ0v) is 8.38. The van der Waals surface area contributed by atoms with Crippen LogP contribution in [0.5, 0.6) is 0 Å². The Labute approximate surface area is 91.7 Å². The second kappa shape index (κ2) is 4.28. The normalized spacial score (nSPS) is 24.9. The van der Waals surface area contributed by atoms with Crippen LogP contribution in [0.3, 0.4) is 0 Å². The summed E-state index contributed by atoms with van der Waals surface area (Å²) in [5, 5.41) is 14.4. The van der Waals surface area contributed by atoms with Crippen LogP contribution in [0, 0.1) is 0 Å². The molecule has 1 aromatic heterocycles. The molecule has 0 aromatic carbocycles. The van der Waals surface area contributed by atoms with Gasteiger partial charge >= 0.3 is 5.97 Å². The number of nitrogens with one attached hydrogen (secondary N) is 2. The number of hydrogen-bond acceptors (Lipinski definition) is 4. The molecule has 1 fully saturated rings. The van der Waals surface area contributed by atoms with Crippen LogP contribution in [0.1, 0.15) is 18.2 Å². The average molecular weight is 221 g/mol. The van der Waals surface area contributed by atoms with E-state index in [1.807, 2.05) is 0 Å². The Kier molecular flexibility index (Phi) is 2.82. The van der Waals surface area contributed by atoms with Crippen molar-refractivity contribution < 1.29 is 14.7 Å². The standard InChI is InChI=1S/C10H11N3O3/c14-8-4-7(10(15)16)12-9(13-8)6-2-1-3-11-5-6/h1-3,5,7,9,12H,4H2,(H,13,14)(H,15,16). The summed E-state index contributed by atoms with van der Waals surface area (Å²) in [6.45, 7) is 0. The summed E-state index contributed by atoms with van der Waals surface area (Å²) in [4.78, 5) is 26.1. The zero-order chi connectivity index (χ0) is 11.5. The van der Waals surface area contributed by atoms with Crippen molar-refractivity contribution in [1.29, 1.82) is 0 Å². The summed E-state index contributed by atoms with van der Waals surface area (Å²) in [6.07, 6.45) is 2.66. The number of carbonyl (C=O) groups excluding carboxylic acids is 1. The first-order chi connectivity index (χ1) is 7.66. The maximum atomic E-state index is 11.3. The van der Waals surface area contributed by atoms with Crippen LogP contribution in [0.25, 0.3) is 0 Å². The van der Waals surface area contributed by atoms with Gasteiger partial charge in [0.15, 0.2) is 0 Å². The topological polar surface area (TPSA) is 91.3 Å². The van der Waals surface area contributed by atoms with Crippen LogP contribution in [0.2, 0.25) is 0 Å². The van der Waals surface area contributed by atoms with Crippen molar-refractivity contribution in [1.82, 2.24) is 15.6 Å². The second-order valence-corrected chi connectivity index (χ2v) is 3.55. The third kappa shape index (κ3) is 2.17. The molecule has 16 heavy (non-hydrogen) atoms. The van der Waals surface area contributed by atoms with Crippen LogP contribution < -0.4 is 10.6 Å². The molecule has 1 aromatic rings. The predicted octanol–water partition coefficient (Wildman–Crippen LogP) is -0.357. The summed E-state index contributed by atoms with van der Waals surface area (Å²) < 4.78 is 0. The number of aliphatic carboxylic acids is 1. The molecule has 3 N–H and O–H groups in total. The molecule has 2 atom stereocenters. The summed E-state index contributed by atoms with van der Waals surface area (Å²) in [5.41, 5.74) is 0.738. The fourth-order valence-electron chi connectivity index (χ4n) is 1.59. The van der Waals surface area contributed by atoms with Crippen LogP contribution in [-0.4, -0.2) is 28.0 Å². The highest BCUT2D eigenvalue weighted by Gasteiger charge is 2.30. The first kappa shape index (κ1) is 10.6. The number of carboxylic acids is 1. The lowest BCUT2D eigenvalue weighted by molar-refractivity contribution is -0.143. The van der Waals surface area contributed by atoms with E-state index in [4.69, 9.17) is 5.11 Å². The van der Waals surface area contributed by atoms with E-state index < -0.39 is 18.2 Å². The van der Waals surface area contributed by atoms with E-state index >= 15 is 0 Å². The molecule has 0 saturated carbocycles. The molecule has 84 valence electrons. The minimum atomic E-state index is -1.02. The van der Waals surface area contributed by atoms with Crippen molar-refractivity contribution >= 4 is 11.9 Å². The van der Waals surface area contributed by atoms with E-state index in [2.05, 4.69) is 15.6 Å². The van der Waals surface area contributed by atoms with Gasteiger partial charge in [-0.15, -0.1) is 0 Å². The lowest BCUT2D eigenvalue weighted by atomic mass is 10.1. The van der Waals surface area contributed by atoms with Crippen molar-refractivity contribution in [2.45, 2.75) is 18.6 Å². The molecule has 0 aliphatic carbocycles. The van der Waals surface area contributed by atoms with Gasteiger partial charge in [0, 0.05) is 18.0 Å². The first-order valence-corrected chi connectivity index (χ1v) is 4.85. The van der Waals surface area contributed by atoms with Crippen LogP contribution in [0.15, 0.2) is 24.5 Å². The van der Waals surface area contributed by atoms with Gasteiger partial charge in [-0.2, -0.15) is 0 Å². The molecule has 1 aliphatic heterocycles. The first-order valence-electron chi connectivity index (χ1n) is 4.85. The monoisotopic (exact) mass is 221 g/mol. The van der Waals surface area contributed by atoms with E-state index in [1.165, 1.54) is 0 Å².